The second-order valence-electron chi connectivity index (χ2n) is 6.36. The van der Waals surface area contributed by atoms with Crippen molar-refractivity contribution in [3.63, 3.8) is 0 Å². The Labute approximate surface area is 165 Å². The zero-order valence-corrected chi connectivity index (χ0v) is 16.4. The molecule has 142 valence electrons. The van der Waals surface area contributed by atoms with Gasteiger partial charge in [0, 0.05) is 16.7 Å². The van der Waals surface area contributed by atoms with Gasteiger partial charge >= 0.3 is 0 Å². The Bertz CT molecular complexity index is 851. The molecule has 1 aromatic heterocycles. The maximum absolute atomic E-state index is 12.5. The number of aryl methyl sites for hydroxylation is 1. The number of carbonyl (C=O) groups excluding carboxylic acids is 3. The molecule has 0 radical (unpaired) electrons. The zero-order valence-electron chi connectivity index (χ0n) is 14.8. The van der Waals surface area contributed by atoms with E-state index in [1.54, 1.807) is 18.2 Å². The lowest BCUT2D eigenvalue weighted by Crippen LogP contribution is -2.47. The van der Waals surface area contributed by atoms with Gasteiger partial charge in [-0.05, 0) is 55.7 Å². The van der Waals surface area contributed by atoms with E-state index in [0.717, 1.165) is 16.5 Å². The summed E-state index contributed by atoms with van der Waals surface area (Å²) in [5, 5.41) is 5.39. The van der Waals surface area contributed by atoms with Crippen molar-refractivity contribution in [2.45, 2.75) is 25.8 Å². The van der Waals surface area contributed by atoms with E-state index in [4.69, 9.17) is 4.42 Å². The van der Waals surface area contributed by atoms with Crippen LogP contribution in [-0.4, -0.2) is 41.8 Å². The maximum Gasteiger partial charge on any atom is 0.290 e. The van der Waals surface area contributed by atoms with E-state index < -0.39 is 6.04 Å². The maximum atomic E-state index is 12.5. The number of rotatable bonds is 5. The fraction of sp³-hybridized carbons (Fsp3) is 0.316. The molecule has 0 bridgehead atoms. The van der Waals surface area contributed by atoms with E-state index in [2.05, 4.69) is 26.6 Å². The average molecular weight is 434 g/mol. The highest BCUT2D eigenvalue weighted by Gasteiger charge is 2.35. The summed E-state index contributed by atoms with van der Waals surface area (Å²) < 4.78 is 6.05. The molecule has 27 heavy (non-hydrogen) atoms. The molecule has 0 saturated carbocycles. The quantitative estimate of drug-likeness (QED) is 0.757. The van der Waals surface area contributed by atoms with Crippen LogP contribution in [0, 0.1) is 6.92 Å². The van der Waals surface area contributed by atoms with Gasteiger partial charge < -0.3 is 20.0 Å². The van der Waals surface area contributed by atoms with E-state index in [9.17, 15) is 14.4 Å². The van der Waals surface area contributed by atoms with E-state index in [0.29, 0.717) is 18.7 Å². The van der Waals surface area contributed by atoms with Gasteiger partial charge in [0.1, 0.15) is 6.04 Å². The van der Waals surface area contributed by atoms with Gasteiger partial charge in [0.2, 0.25) is 11.8 Å². The van der Waals surface area contributed by atoms with Gasteiger partial charge in [-0.3, -0.25) is 14.4 Å². The van der Waals surface area contributed by atoms with Crippen LogP contribution in [0.1, 0.15) is 29.0 Å². The van der Waals surface area contributed by atoms with E-state index >= 15 is 0 Å². The van der Waals surface area contributed by atoms with Crippen LogP contribution >= 0.6 is 15.9 Å². The normalized spacial score (nSPS) is 16.2. The molecular formula is C19H20BrN3O4. The summed E-state index contributed by atoms with van der Waals surface area (Å²) in [5.74, 6) is -0.767. The molecule has 1 aromatic carbocycles. The van der Waals surface area contributed by atoms with Gasteiger partial charge in [-0.1, -0.05) is 15.9 Å². The minimum Gasteiger partial charge on any atom is -0.459 e. The van der Waals surface area contributed by atoms with Crippen LogP contribution in [0.5, 0.6) is 0 Å². The van der Waals surface area contributed by atoms with Crippen molar-refractivity contribution in [1.82, 2.24) is 10.2 Å². The second-order valence-corrected chi connectivity index (χ2v) is 7.27. The second kappa shape index (κ2) is 8.39. The number of likely N-dealkylation sites (tertiary alicyclic amines) is 1. The Morgan fingerprint density at radius 3 is 2.81 bits per heavy atom. The summed E-state index contributed by atoms with van der Waals surface area (Å²) in [7, 11) is 0. The third-order valence-corrected chi connectivity index (χ3v) is 4.93. The largest absolute Gasteiger partial charge is 0.459 e. The number of furan rings is 1. The first-order chi connectivity index (χ1) is 13.0. The van der Waals surface area contributed by atoms with Crippen LogP contribution in [-0.2, 0) is 9.59 Å². The fourth-order valence-corrected chi connectivity index (χ4v) is 3.55. The molecule has 0 unspecified atom stereocenters. The molecule has 1 fully saturated rings. The highest BCUT2D eigenvalue weighted by molar-refractivity contribution is 9.10. The highest BCUT2D eigenvalue weighted by Crippen LogP contribution is 2.21. The Morgan fingerprint density at radius 1 is 1.30 bits per heavy atom. The molecule has 1 saturated heterocycles. The summed E-state index contributed by atoms with van der Waals surface area (Å²) in [6.07, 6.45) is 2.72. The van der Waals surface area contributed by atoms with Gasteiger partial charge in [-0.15, -0.1) is 0 Å². The van der Waals surface area contributed by atoms with Gasteiger partial charge in [-0.25, -0.2) is 0 Å². The molecule has 2 aromatic rings. The summed E-state index contributed by atoms with van der Waals surface area (Å²) in [5.41, 5.74) is 1.60. The molecule has 2 heterocycles. The van der Waals surface area contributed by atoms with Crippen molar-refractivity contribution >= 4 is 39.3 Å². The number of nitrogens with one attached hydrogen (secondary N) is 2. The van der Waals surface area contributed by atoms with E-state index in [-0.39, 0.29) is 30.0 Å². The number of hydrogen-bond acceptors (Lipinski definition) is 4. The lowest BCUT2D eigenvalue weighted by Gasteiger charge is -2.22. The molecular weight excluding hydrogens is 414 g/mol. The van der Waals surface area contributed by atoms with Gasteiger partial charge in [0.25, 0.3) is 5.91 Å². The molecule has 0 aliphatic carbocycles. The molecule has 1 atom stereocenters. The summed E-state index contributed by atoms with van der Waals surface area (Å²) in [6.45, 7) is 2.21. The Hall–Kier alpha value is -2.61. The predicted octanol–water partition coefficient (Wildman–Crippen LogP) is 2.71. The molecule has 3 amide bonds. The standard InChI is InChI=1S/C19H20BrN3O4/c1-12-10-13(20)6-7-14(12)22-17(24)11-21-18(25)15-4-2-8-23(15)19(26)16-5-3-9-27-16/h3,5-7,9-10,15H,2,4,8,11H2,1H3,(H,21,25)(H,22,24)/t15-/m0/s1. The first kappa shape index (κ1) is 19.2. The van der Waals surface area contributed by atoms with Crippen molar-refractivity contribution in [2.75, 3.05) is 18.4 Å². The molecule has 3 rings (SSSR count). The van der Waals surface area contributed by atoms with E-state index in [1.165, 1.54) is 11.2 Å². The van der Waals surface area contributed by atoms with Crippen molar-refractivity contribution in [1.29, 1.82) is 0 Å². The Morgan fingerprint density at radius 2 is 2.11 bits per heavy atom. The Balaban J connectivity index is 1.55. The molecule has 1 aliphatic heterocycles. The SMILES string of the molecule is Cc1cc(Br)ccc1NC(=O)CNC(=O)[C@@H]1CCCN1C(=O)c1ccco1. The number of nitrogens with zero attached hydrogens (tertiary/aromatic N) is 1. The lowest BCUT2D eigenvalue weighted by molar-refractivity contribution is -0.127. The topological polar surface area (TPSA) is 91.7 Å². The monoisotopic (exact) mass is 433 g/mol. The minimum absolute atomic E-state index is 0.159. The third-order valence-electron chi connectivity index (χ3n) is 4.43. The van der Waals surface area contributed by atoms with Crippen molar-refractivity contribution < 1.29 is 18.8 Å². The van der Waals surface area contributed by atoms with Gasteiger partial charge in [0.15, 0.2) is 5.76 Å². The molecule has 8 heteroatoms. The number of anilines is 1. The van der Waals surface area contributed by atoms with Gasteiger partial charge in [0.05, 0.1) is 12.8 Å². The van der Waals surface area contributed by atoms with Crippen LogP contribution in [0.4, 0.5) is 5.69 Å². The van der Waals surface area contributed by atoms with Crippen LogP contribution < -0.4 is 10.6 Å². The molecule has 2 N–H and O–H groups in total. The van der Waals surface area contributed by atoms with Crippen molar-refractivity contribution in [3.05, 3.63) is 52.4 Å². The van der Waals surface area contributed by atoms with Crippen molar-refractivity contribution in [3.8, 4) is 0 Å². The first-order valence-electron chi connectivity index (χ1n) is 8.64. The summed E-state index contributed by atoms with van der Waals surface area (Å²) >= 11 is 3.37. The highest BCUT2D eigenvalue weighted by atomic mass is 79.9. The van der Waals surface area contributed by atoms with Crippen LogP contribution in [0.15, 0.2) is 45.5 Å². The molecule has 0 spiro atoms. The van der Waals surface area contributed by atoms with Crippen LogP contribution in [0.2, 0.25) is 0 Å². The number of hydrogen-bond donors (Lipinski definition) is 2. The smallest absolute Gasteiger partial charge is 0.290 e. The third kappa shape index (κ3) is 4.57. The van der Waals surface area contributed by atoms with Gasteiger partial charge in [-0.2, -0.15) is 0 Å². The number of benzene rings is 1. The van der Waals surface area contributed by atoms with Crippen molar-refractivity contribution in [2.24, 2.45) is 0 Å². The average Bonchev–Trinajstić information content (AvgIpc) is 3.33. The molecule has 7 nitrogen and oxygen atoms in total. The van der Waals surface area contributed by atoms with E-state index in [1.807, 2.05) is 19.1 Å². The summed E-state index contributed by atoms with van der Waals surface area (Å²) in [4.78, 5) is 38.5. The minimum atomic E-state index is -0.593. The van der Waals surface area contributed by atoms with Crippen LogP contribution in [0.3, 0.4) is 0 Å². The zero-order chi connectivity index (χ0) is 19.4. The fourth-order valence-electron chi connectivity index (χ4n) is 3.07. The number of carbonyl (C=O) groups is 3. The Kier molecular flexibility index (Phi) is 5.95. The molecule has 1 aliphatic rings. The van der Waals surface area contributed by atoms with Crippen LogP contribution in [0.25, 0.3) is 0 Å². The summed E-state index contributed by atoms with van der Waals surface area (Å²) in [6, 6.07) is 8.13. The first-order valence-corrected chi connectivity index (χ1v) is 9.43. The lowest BCUT2D eigenvalue weighted by atomic mass is 10.2. The number of halogens is 1. The predicted molar refractivity (Wildman–Crippen MR) is 103 cm³/mol. The number of amides is 3.